The van der Waals surface area contributed by atoms with Crippen molar-refractivity contribution in [2.24, 2.45) is 0 Å². The molecule has 0 atom stereocenters. The highest BCUT2D eigenvalue weighted by molar-refractivity contribution is 6.78. The van der Waals surface area contributed by atoms with Crippen LogP contribution in [-0.2, 0) is 9.59 Å². The summed E-state index contributed by atoms with van der Waals surface area (Å²) in [5.41, 5.74) is -0.847. The summed E-state index contributed by atoms with van der Waals surface area (Å²) in [7, 11) is 2.87. The van der Waals surface area contributed by atoms with E-state index in [0.29, 0.717) is 0 Å². The summed E-state index contributed by atoms with van der Waals surface area (Å²) in [6.45, 7) is 0. The van der Waals surface area contributed by atoms with Gasteiger partial charge in [0.05, 0.1) is 5.57 Å². The minimum Gasteiger partial charge on any atom is -0.383 e. The average molecular weight is 295 g/mol. The number of hydrogen-bond acceptors (Lipinski definition) is 3. The van der Waals surface area contributed by atoms with E-state index in [-0.39, 0.29) is 0 Å². The van der Waals surface area contributed by atoms with E-state index >= 15 is 0 Å². The van der Waals surface area contributed by atoms with Crippen molar-refractivity contribution in [3.05, 3.63) is 11.8 Å². The number of allylic oxidation sites excluding steroid dienone is 1. The molecule has 0 aromatic heterocycles. The van der Waals surface area contributed by atoms with Crippen LogP contribution in [0, 0.1) is 0 Å². The Morgan fingerprint density at radius 1 is 1.25 bits per heavy atom. The van der Waals surface area contributed by atoms with Gasteiger partial charge in [-0.3, -0.25) is 9.59 Å². The molecule has 0 saturated heterocycles. The lowest BCUT2D eigenvalue weighted by atomic mass is 10.1. The summed E-state index contributed by atoms with van der Waals surface area (Å²) in [5, 5.41) is 0. The first-order chi connectivity index (χ1) is 7.07. The van der Waals surface area contributed by atoms with E-state index < -0.39 is 27.4 Å². The topological polar surface area (TPSA) is 37.4 Å². The van der Waals surface area contributed by atoms with Crippen molar-refractivity contribution in [3.8, 4) is 0 Å². The Hall–Kier alpha value is -0.390. The average Bonchev–Trinajstić information content (AvgIpc) is 2.09. The molecule has 0 rings (SSSR count). The number of Topliss-reactive ketones (excluding diaryl/α,β-unsaturated/α-hetero) is 2. The minimum atomic E-state index is -3.33. The zero-order chi connectivity index (χ0) is 13.1. The van der Waals surface area contributed by atoms with Crippen LogP contribution in [0.25, 0.3) is 0 Å². The van der Waals surface area contributed by atoms with Gasteiger partial charge >= 0.3 is 6.43 Å². The van der Waals surface area contributed by atoms with Gasteiger partial charge in [0.15, 0.2) is 0 Å². The van der Waals surface area contributed by atoms with Crippen LogP contribution >= 0.6 is 34.8 Å². The number of ketones is 2. The van der Waals surface area contributed by atoms with E-state index in [0.717, 1.165) is 6.20 Å². The highest BCUT2D eigenvalue weighted by Crippen LogP contribution is 2.31. The minimum absolute atomic E-state index is 0.847. The number of rotatable bonds is 4. The molecule has 3 nitrogen and oxygen atoms in total. The number of halogens is 5. The predicted molar refractivity (Wildman–Crippen MR) is 58.1 cm³/mol. The van der Waals surface area contributed by atoms with Gasteiger partial charge in [-0.1, -0.05) is 34.8 Å². The van der Waals surface area contributed by atoms with E-state index in [9.17, 15) is 18.4 Å². The van der Waals surface area contributed by atoms with Crippen molar-refractivity contribution in [3.63, 3.8) is 0 Å². The van der Waals surface area contributed by atoms with Gasteiger partial charge in [-0.2, -0.15) is 0 Å². The first-order valence-electron chi connectivity index (χ1n) is 3.89. The molecule has 0 aliphatic heterocycles. The van der Waals surface area contributed by atoms with Crippen molar-refractivity contribution in [2.45, 2.75) is 10.2 Å². The summed E-state index contributed by atoms with van der Waals surface area (Å²) in [6, 6.07) is 0. The summed E-state index contributed by atoms with van der Waals surface area (Å²) >= 11 is 15.7. The van der Waals surface area contributed by atoms with Crippen LogP contribution in [0.5, 0.6) is 0 Å². The van der Waals surface area contributed by atoms with Gasteiger partial charge in [0.2, 0.25) is 11.6 Å². The Balaban J connectivity index is 5.29. The van der Waals surface area contributed by atoms with Crippen LogP contribution in [0.1, 0.15) is 0 Å². The normalized spacial score (nSPS) is 12.9. The molecule has 0 N–H and O–H groups in total. The van der Waals surface area contributed by atoms with E-state index in [1.165, 1.54) is 19.0 Å². The van der Waals surface area contributed by atoms with Crippen molar-refractivity contribution in [2.75, 3.05) is 14.1 Å². The Labute approximate surface area is 106 Å². The number of alkyl halides is 5. The fourth-order valence-electron chi connectivity index (χ4n) is 0.763. The maximum atomic E-state index is 12.2. The summed E-state index contributed by atoms with van der Waals surface area (Å²) < 4.78 is 21.9. The predicted octanol–water partition coefficient (Wildman–Crippen LogP) is 2.21. The Morgan fingerprint density at radius 2 is 1.69 bits per heavy atom. The van der Waals surface area contributed by atoms with Gasteiger partial charge in [-0.25, -0.2) is 8.78 Å². The highest BCUT2D eigenvalue weighted by atomic mass is 35.6. The Bertz CT molecular complexity index is 324. The van der Waals surface area contributed by atoms with E-state index in [1.807, 2.05) is 0 Å². The van der Waals surface area contributed by atoms with Crippen LogP contribution in [0.15, 0.2) is 11.8 Å². The Kier molecular flexibility index (Phi) is 5.65. The van der Waals surface area contributed by atoms with Gasteiger partial charge in [-0.05, 0) is 0 Å². The number of nitrogens with zero attached hydrogens (tertiary/aromatic N) is 1. The monoisotopic (exact) mass is 293 g/mol. The zero-order valence-corrected chi connectivity index (χ0v) is 10.6. The third-order valence-electron chi connectivity index (χ3n) is 1.35. The molecule has 0 heterocycles. The second kappa shape index (κ2) is 5.80. The van der Waals surface area contributed by atoms with E-state index in [1.54, 1.807) is 0 Å². The second-order valence-electron chi connectivity index (χ2n) is 3.00. The van der Waals surface area contributed by atoms with Crippen molar-refractivity contribution < 1.29 is 18.4 Å². The molecule has 0 radical (unpaired) electrons. The van der Waals surface area contributed by atoms with Gasteiger partial charge in [0.1, 0.15) is 0 Å². The van der Waals surface area contributed by atoms with Crippen LogP contribution in [0.2, 0.25) is 0 Å². The summed E-state index contributed by atoms with van der Waals surface area (Å²) in [5.74, 6) is -2.96. The van der Waals surface area contributed by atoms with Crippen LogP contribution in [0.3, 0.4) is 0 Å². The second-order valence-corrected chi connectivity index (χ2v) is 5.28. The molecule has 0 aliphatic carbocycles. The molecular weight excluding hydrogens is 286 g/mol. The molecule has 0 fully saturated rings. The van der Waals surface area contributed by atoms with Crippen LogP contribution in [-0.4, -0.2) is 40.8 Å². The lowest BCUT2D eigenvalue weighted by Gasteiger charge is -2.14. The summed E-state index contributed by atoms with van der Waals surface area (Å²) in [4.78, 5) is 23.7. The molecule has 0 bridgehead atoms. The van der Waals surface area contributed by atoms with Gasteiger partial charge < -0.3 is 4.90 Å². The molecule has 0 aromatic carbocycles. The molecular formula is C8H8Cl3F2NO2. The third kappa shape index (κ3) is 4.63. The highest BCUT2D eigenvalue weighted by Gasteiger charge is 2.38. The zero-order valence-electron chi connectivity index (χ0n) is 8.31. The van der Waals surface area contributed by atoms with Crippen molar-refractivity contribution in [1.29, 1.82) is 0 Å². The molecule has 0 unspecified atom stereocenters. The van der Waals surface area contributed by atoms with Crippen molar-refractivity contribution in [1.82, 2.24) is 4.90 Å². The smallest absolute Gasteiger partial charge is 0.300 e. The first-order valence-corrected chi connectivity index (χ1v) is 5.03. The first kappa shape index (κ1) is 15.6. The molecule has 0 amide bonds. The van der Waals surface area contributed by atoms with Gasteiger partial charge in [0.25, 0.3) is 3.79 Å². The number of carbonyl (C=O) groups excluding carboxylic acids is 2. The van der Waals surface area contributed by atoms with Gasteiger partial charge in [0, 0.05) is 20.3 Å². The fraction of sp³-hybridized carbons (Fsp3) is 0.500. The summed E-state index contributed by atoms with van der Waals surface area (Å²) in [6.07, 6.45) is -2.44. The fourth-order valence-corrected chi connectivity index (χ4v) is 1.07. The quantitative estimate of drug-likeness (QED) is 0.345. The molecule has 0 saturated carbocycles. The molecule has 0 aliphatic rings. The molecule has 16 heavy (non-hydrogen) atoms. The van der Waals surface area contributed by atoms with Gasteiger partial charge in [-0.15, -0.1) is 0 Å². The maximum absolute atomic E-state index is 12.2. The number of carbonyl (C=O) groups is 2. The molecule has 0 aromatic rings. The molecule has 8 heteroatoms. The lowest BCUT2D eigenvalue weighted by Crippen LogP contribution is -2.29. The van der Waals surface area contributed by atoms with Crippen LogP contribution < -0.4 is 0 Å². The van der Waals surface area contributed by atoms with Crippen LogP contribution in [0.4, 0.5) is 8.78 Å². The lowest BCUT2D eigenvalue weighted by molar-refractivity contribution is -0.128. The Morgan fingerprint density at radius 3 is 1.94 bits per heavy atom. The van der Waals surface area contributed by atoms with E-state index in [2.05, 4.69) is 0 Å². The standard InChI is InChI=1S/C8H8Cl3F2NO2/c1-14(2)3-4(5(15)7(12)13)6(16)8(9,10)11/h3,7H,1-2H3/b4-3+. The largest absolute Gasteiger partial charge is 0.383 e. The van der Waals surface area contributed by atoms with E-state index in [4.69, 9.17) is 34.8 Å². The number of hydrogen-bond donors (Lipinski definition) is 0. The van der Waals surface area contributed by atoms with Crippen molar-refractivity contribution >= 4 is 46.4 Å². The third-order valence-corrected chi connectivity index (χ3v) is 1.87. The molecule has 92 valence electrons. The molecule has 0 spiro atoms. The SMILES string of the molecule is CN(C)/C=C(\C(=O)C(F)F)C(=O)C(Cl)(Cl)Cl. The maximum Gasteiger partial charge on any atom is 0.300 e.